The quantitative estimate of drug-likeness (QED) is 0.668. The Morgan fingerprint density at radius 2 is 2.27 bits per heavy atom. The van der Waals surface area contributed by atoms with Crippen molar-refractivity contribution in [1.82, 2.24) is 9.97 Å². The fourth-order valence-corrected chi connectivity index (χ4v) is 2.34. The van der Waals surface area contributed by atoms with Crippen LogP contribution in [0.3, 0.4) is 0 Å². The highest BCUT2D eigenvalue weighted by molar-refractivity contribution is 9.08. The monoisotopic (exact) mass is 286 g/mol. The second-order valence-corrected chi connectivity index (χ2v) is 4.38. The fraction of sp³-hybridized carbons (Fsp3) is 0.111. The normalized spacial score (nSPS) is 10.5. The lowest BCUT2D eigenvalue weighted by Crippen LogP contribution is -2.05. The van der Waals surface area contributed by atoms with Crippen molar-refractivity contribution in [1.29, 1.82) is 0 Å². The van der Waals surface area contributed by atoms with Crippen LogP contribution >= 0.6 is 27.3 Å². The molecule has 0 amide bonds. The number of alkyl halides is 1. The van der Waals surface area contributed by atoms with Crippen molar-refractivity contribution in [2.24, 2.45) is 0 Å². The van der Waals surface area contributed by atoms with E-state index in [0.717, 1.165) is 0 Å². The summed E-state index contributed by atoms with van der Waals surface area (Å²) in [6, 6.07) is 3.53. The van der Waals surface area contributed by atoms with E-state index >= 15 is 0 Å². The van der Waals surface area contributed by atoms with Crippen molar-refractivity contribution in [2.75, 3.05) is 0 Å². The number of hydrogen-bond donors (Lipinski definition) is 2. The number of aromatic nitrogens is 2. The molecular formula is C9H7BrN2O2S. The number of ketones is 1. The lowest BCUT2D eigenvalue weighted by molar-refractivity contribution is 0.103. The molecule has 0 bridgehead atoms. The molecule has 2 N–H and O–H groups in total. The molecule has 6 heteroatoms. The number of carbonyl (C=O) groups excluding carboxylic acids is 1. The Morgan fingerprint density at radius 1 is 1.47 bits per heavy atom. The van der Waals surface area contributed by atoms with Crippen LogP contribution in [0.1, 0.15) is 21.1 Å². The number of aromatic amines is 2. The third-order valence-corrected chi connectivity index (χ3v) is 3.34. The first kappa shape index (κ1) is 10.4. The molecule has 2 aromatic rings. The minimum absolute atomic E-state index is 0.155. The molecule has 0 spiro atoms. The lowest BCUT2D eigenvalue weighted by atomic mass is 10.2. The van der Waals surface area contributed by atoms with E-state index in [4.69, 9.17) is 0 Å². The smallest absolute Gasteiger partial charge is 0.308 e. The van der Waals surface area contributed by atoms with Crippen molar-refractivity contribution >= 4 is 33.0 Å². The number of thiophene rings is 1. The maximum Gasteiger partial charge on any atom is 0.323 e. The summed E-state index contributed by atoms with van der Waals surface area (Å²) in [6.45, 7) is 0. The first-order valence-corrected chi connectivity index (χ1v) is 6.18. The Morgan fingerprint density at radius 3 is 2.87 bits per heavy atom. The molecule has 0 saturated heterocycles. The third kappa shape index (κ3) is 1.95. The topological polar surface area (TPSA) is 65.7 Å². The second kappa shape index (κ2) is 4.16. The summed E-state index contributed by atoms with van der Waals surface area (Å²) in [5.74, 6) is -0.155. The van der Waals surface area contributed by atoms with Crippen molar-refractivity contribution in [2.45, 2.75) is 5.33 Å². The Bertz CT molecular complexity index is 527. The van der Waals surface area contributed by atoms with Gasteiger partial charge < -0.3 is 9.97 Å². The largest absolute Gasteiger partial charge is 0.323 e. The van der Waals surface area contributed by atoms with Crippen LogP contribution in [0.4, 0.5) is 0 Å². The molecule has 0 unspecified atom stereocenters. The molecule has 0 aromatic carbocycles. The Balaban J connectivity index is 2.45. The van der Waals surface area contributed by atoms with E-state index < -0.39 is 0 Å². The zero-order valence-corrected chi connectivity index (χ0v) is 9.94. The van der Waals surface area contributed by atoms with Crippen molar-refractivity contribution in [3.8, 4) is 0 Å². The number of carbonyl (C=O) groups is 1. The van der Waals surface area contributed by atoms with E-state index in [0.29, 0.717) is 21.6 Å². The number of imidazole rings is 1. The molecular weight excluding hydrogens is 280 g/mol. The Kier molecular flexibility index (Phi) is 2.88. The molecule has 0 atom stereocenters. The first-order chi connectivity index (χ1) is 7.22. The van der Waals surface area contributed by atoms with Gasteiger partial charge in [-0.1, -0.05) is 22.0 Å². The van der Waals surface area contributed by atoms with Gasteiger partial charge in [0.15, 0.2) is 0 Å². The average Bonchev–Trinajstić information content (AvgIpc) is 2.84. The summed E-state index contributed by atoms with van der Waals surface area (Å²) in [4.78, 5) is 28.6. The molecule has 0 radical (unpaired) electrons. The van der Waals surface area contributed by atoms with Gasteiger partial charge in [0.2, 0.25) is 5.78 Å². The molecule has 0 saturated carbocycles. The van der Waals surface area contributed by atoms with Crippen LogP contribution in [0, 0.1) is 0 Å². The van der Waals surface area contributed by atoms with Gasteiger partial charge in [0.1, 0.15) is 5.69 Å². The van der Waals surface area contributed by atoms with Gasteiger partial charge in [-0.25, -0.2) is 4.79 Å². The molecule has 2 heterocycles. The Hall–Kier alpha value is -1.14. The van der Waals surface area contributed by atoms with Crippen LogP contribution in [0.5, 0.6) is 0 Å². The van der Waals surface area contributed by atoms with Crippen LogP contribution < -0.4 is 5.69 Å². The number of nitrogens with one attached hydrogen (secondary N) is 2. The minimum atomic E-state index is -0.357. The molecule has 0 fully saturated rings. The molecule has 78 valence electrons. The number of rotatable bonds is 3. The molecule has 0 aliphatic heterocycles. The van der Waals surface area contributed by atoms with Gasteiger partial charge in [-0.3, -0.25) is 4.79 Å². The average molecular weight is 287 g/mol. The first-order valence-electron chi connectivity index (χ1n) is 4.17. The third-order valence-electron chi connectivity index (χ3n) is 1.91. The summed E-state index contributed by atoms with van der Waals surface area (Å²) in [6.07, 6.45) is 0. The summed E-state index contributed by atoms with van der Waals surface area (Å²) in [7, 11) is 0. The van der Waals surface area contributed by atoms with Crippen LogP contribution in [0.2, 0.25) is 0 Å². The van der Waals surface area contributed by atoms with Gasteiger partial charge in [0.05, 0.1) is 10.6 Å². The fourth-order valence-electron chi connectivity index (χ4n) is 1.24. The van der Waals surface area contributed by atoms with E-state index in [-0.39, 0.29) is 11.5 Å². The van der Waals surface area contributed by atoms with Crippen LogP contribution in [-0.2, 0) is 5.33 Å². The molecule has 15 heavy (non-hydrogen) atoms. The van der Waals surface area contributed by atoms with E-state index in [1.54, 1.807) is 12.1 Å². The number of hydrogen-bond acceptors (Lipinski definition) is 3. The van der Waals surface area contributed by atoms with Gasteiger partial charge >= 0.3 is 5.69 Å². The summed E-state index contributed by atoms with van der Waals surface area (Å²) in [5.41, 5.74) is 0.557. The lowest BCUT2D eigenvalue weighted by Gasteiger charge is -1.96. The highest BCUT2D eigenvalue weighted by Crippen LogP contribution is 2.16. The highest BCUT2D eigenvalue weighted by atomic mass is 79.9. The molecule has 2 rings (SSSR count). The summed E-state index contributed by atoms with van der Waals surface area (Å²) >= 11 is 4.57. The zero-order valence-electron chi connectivity index (χ0n) is 7.54. The van der Waals surface area contributed by atoms with Crippen molar-refractivity contribution in [3.05, 3.63) is 44.3 Å². The van der Waals surface area contributed by atoms with Crippen molar-refractivity contribution in [3.63, 3.8) is 0 Å². The van der Waals surface area contributed by atoms with Crippen LogP contribution in [0.25, 0.3) is 0 Å². The zero-order chi connectivity index (χ0) is 10.8. The Labute approximate surface area is 97.5 Å². The van der Waals surface area contributed by atoms with E-state index in [9.17, 15) is 9.59 Å². The summed E-state index contributed by atoms with van der Waals surface area (Å²) < 4.78 is 0. The SMILES string of the molecule is O=C(c1cccs1)c1[nH]c(=O)[nH]c1CBr. The summed E-state index contributed by atoms with van der Waals surface area (Å²) in [5, 5.41) is 2.27. The van der Waals surface area contributed by atoms with Gasteiger partial charge in [-0.05, 0) is 11.4 Å². The van der Waals surface area contributed by atoms with Crippen molar-refractivity contribution < 1.29 is 4.79 Å². The second-order valence-electron chi connectivity index (χ2n) is 2.87. The van der Waals surface area contributed by atoms with Gasteiger partial charge in [0.25, 0.3) is 0 Å². The predicted molar refractivity (Wildman–Crippen MR) is 61.8 cm³/mol. The van der Waals surface area contributed by atoms with Gasteiger partial charge in [-0.2, -0.15) is 0 Å². The standard InChI is InChI=1S/C9H7BrN2O2S/c10-4-5-7(12-9(14)11-5)8(13)6-2-1-3-15-6/h1-3H,4H2,(H2,11,12,14). The van der Waals surface area contributed by atoms with Crippen LogP contribution in [0.15, 0.2) is 22.3 Å². The molecule has 2 aromatic heterocycles. The van der Waals surface area contributed by atoms with Gasteiger partial charge in [0, 0.05) is 5.33 Å². The molecule has 0 aliphatic rings. The molecule has 4 nitrogen and oxygen atoms in total. The highest BCUT2D eigenvalue weighted by Gasteiger charge is 2.16. The van der Waals surface area contributed by atoms with E-state index in [2.05, 4.69) is 25.9 Å². The minimum Gasteiger partial charge on any atom is -0.308 e. The maximum absolute atomic E-state index is 11.9. The van der Waals surface area contributed by atoms with Gasteiger partial charge in [-0.15, -0.1) is 11.3 Å². The van der Waals surface area contributed by atoms with E-state index in [1.165, 1.54) is 11.3 Å². The number of H-pyrrole nitrogens is 2. The maximum atomic E-state index is 11.9. The predicted octanol–water partition coefficient (Wildman–Crippen LogP) is 1.89. The van der Waals surface area contributed by atoms with Crippen LogP contribution in [-0.4, -0.2) is 15.8 Å². The van der Waals surface area contributed by atoms with E-state index in [1.807, 2.05) is 5.38 Å². The number of halogens is 1. The molecule has 0 aliphatic carbocycles.